The number of amides is 3. The number of alkyl halides is 3. The Kier molecular flexibility index (Phi) is 5.47. The number of nitrogens with two attached hydrogens (primary N) is 1. The van der Waals surface area contributed by atoms with E-state index in [4.69, 9.17) is 5.73 Å². The smallest absolute Gasteiger partial charge is 0.422 e. The standard InChI is InChI=1S/C14H17F3N4O3/c15-14(16,17)8-24-11-5-9(1-3-19-11)6-20-13(23)21-4-2-10(7-21)12(18)22/h1,3,5,10H,2,4,6-8H2,(H2,18,22)(H,20,23). The van der Waals surface area contributed by atoms with Crippen molar-refractivity contribution in [3.8, 4) is 5.88 Å². The zero-order chi connectivity index (χ0) is 17.7. The van der Waals surface area contributed by atoms with Gasteiger partial charge in [0, 0.05) is 31.9 Å². The van der Waals surface area contributed by atoms with Crippen molar-refractivity contribution in [2.24, 2.45) is 11.7 Å². The largest absolute Gasteiger partial charge is 0.468 e. The van der Waals surface area contributed by atoms with Gasteiger partial charge in [-0.3, -0.25) is 4.79 Å². The number of rotatable bonds is 5. The van der Waals surface area contributed by atoms with Gasteiger partial charge < -0.3 is 20.7 Å². The quantitative estimate of drug-likeness (QED) is 0.832. The average molecular weight is 346 g/mol. The molecule has 0 aromatic carbocycles. The minimum absolute atomic E-state index is 0.0987. The van der Waals surface area contributed by atoms with E-state index in [1.165, 1.54) is 17.2 Å². The van der Waals surface area contributed by atoms with Crippen LogP contribution in [0.2, 0.25) is 0 Å². The molecule has 0 spiro atoms. The monoisotopic (exact) mass is 346 g/mol. The van der Waals surface area contributed by atoms with Crippen molar-refractivity contribution in [3.05, 3.63) is 23.9 Å². The van der Waals surface area contributed by atoms with Gasteiger partial charge in [0.1, 0.15) is 0 Å². The Hall–Kier alpha value is -2.52. The summed E-state index contributed by atoms with van der Waals surface area (Å²) in [5.74, 6) is -0.959. The first-order valence-electron chi connectivity index (χ1n) is 7.21. The minimum Gasteiger partial charge on any atom is -0.468 e. The molecule has 24 heavy (non-hydrogen) atoms. The molecule has 1 saturated heterocycles. The van der Waals surface area contributed by atoms with Crippen molar-refractivity contribution >= 4 is 11.9 Å². The van der Waals surface area contributed by atoms with Crippen LogP contribution in [0.5, 0.6) is 5.88 Å². The number of nitrogens with one attached hydrogen (secondary N) is 1. The highest BCUT2D eigenvalue weighted by molar-refractivity contribution is 5.80. The molecule has 1 fully saturated rings. The van der Waals surface area contributed by atoms with E-state index in [0.717, 1.165) is 0 Å². The third-order valence-electron chi connectivity index (χ3n) is 3.50. The second-order valence-corrected chi connectivity index (χ2v) is 5.40. The molecule has 10 heteroatoms. The SMILES string of the molecule is NC(=O)C1CCN(C(=O)NCc2ccnc(OCC(F)(F)F)c2)C1. The predicted molar refractivity (Wildman–Crippen MR) is 76.9 cm³/mol. The summed E-state index contributed by atoms with van der Waals surface area (Å²) in [4.78, 5) is 28.2. The third kappa shape index (κ3) is 5.28. The molecule has 0 saturated carbocycles. The maximum Gasteiger partial charge on any atom is 0.422 e. The number of hydrogen-bond donors (Lipinski definition) is 2. The Morgan fingerprint density at radius 3 is 2.83 bits per heavy atom. The van der Waals surface area contributed by atoms with E-state index in [2.05, 4.69) is 15.0 Å². The summed E-state index contributed by atoms with van der Waals surface area (Å²) in [7, 11) is 0. The van der Waals surface area contributed by atoms with Gasteiger partial charge in [-0.25, -0.2) is 9.78 Å². The lowest BCUT2D eigenvalue weighted by Crippen LogP contribution is -2.39. The normalized spacial score (nSPS) is 17.6. The fourth-order valence-corrected chi connectivity index (χ4v) is 2.26. The Labute approximate surface area is 136 Å². The number of aromatic nitrogens is 1. The number of urea groups is 1. The molecule has 1 aliphatic heterocycles. The van der Waals surface area contributed by atoms with E-state index in [9.17, 15) is 22.8 Å². The Morgan fingerprint density at radius 2 is 2.21 bits per heavy atom. The van der Waals surface area contributed by atoms with Crippen LogP contribution in [0.15, 0.2) is 18.3 Å². The summed E-state index contributed by atoms with van der Waals surface area (Å²) in [6.45, 7) is -0.646. The van der Waals surface area contributed by atoms with Gasteiger partial charge in [0.15, 0.2) is 6.61 Å². The van der Waals surface area contributed by atoms with E-state index in [0.29, 0.717) is 18.5 Å². The maximum atomic E-state index is 12.1. The summed E-state index contributed by atoms with van der Waals surface area (Å²) in [6, 6.07) is 2.51. The highest BCUT2D eigenvalue weighted by Gasteiger charge is 2.30. The van der Waals surface area contributed by atoms with Gasteiger partial charge in [0.25, 0.3) is 0 Å². The zero-order valence-electron chi connectivity index (χ0n) is 12.7. The summed E-state index contributed by atoms with van der Waals surface area (Å²) in [5.41, 5.74) is 5.75. The topological polar surface area (TPSA) is 97.6 Å². The van der Waals surface area contributed by atoms with Gasteiger partial charge in [0.05, 0.1) is 5.92 Å². The number of hydrogen-bond acceptors (Lipinski definition) is 4. The summed E-state index contributed by atoms with van der Waals surface area (Å²) < 4.78 is 40.9. The van der Waals surface area contributed by atoms with Gasteiger partial charge >= 0.3 is 12.2 Å². The molecule has 132 valence electrons. The molecule has 3 amide bonds. The molecule has 1 aliphatic rings. The Bertz CT molecular complexity index is 609. The molecule has 7 nitrogen and oxygen atoms in total. The Balaban J connectivity index is 1.84. The number of pyridine rings is 1. The fourth-order valence-electron chi connectivity index (χ4n) is 2.26. The lowest BCUT2D eigenvalue weighted by atomic mass is 10.1. The van der Waals surface area contributed by atoms with Crippen LogP contribution >= 0.6 is 0 Å². The molecule has 0 bridgehead atoms. The number of ether oxygens (including phenoxy) is 1. The minimum atomic E-state index is -4.45. The first-order chi connectivity index (χ1) is 11.2. The second kappa shape index (κ2) is 7.37. The van der Waals surface area contributed by atoms with E-state index in [1.54, 1.807) is 6.07 Å². The average Bonchev–Trinajstić information content (AvgIpc) is 3.01. The molecular formula is C14H17F3N4O3. The van der Waals surface area contributed by atoms with Crippen molar-refractivity contribution in [1.29, 1.82) is 0 Å². The van der Waals surface area contributed by atoms with Crippen molar-refractivity contribution in [2.75, 3.05) is 19.7 Å². The van der Waals surface area contributed by atoms with Gasteiger partial charge in [-0.05, 0) is 18.1 Å². The number of primary amides is 1. The van der Waals surface area contributed by atoms with Crippen LogP contribution < -0.4 is 15.8 Å². The zero-order valence-corrected chi connectivity index (χ0v) is 12.7. The van der Waals surface area contributed by atoms with E-state index < -0.39 is 18.7 Å². The van der Waals surface area contributed by atoms with Gasteiger partial charge in [-0.15, -0.1) is 0 Å². The highest BCUT2D eigenvalue weighted by atomic mass is 19.4. The molecular weight excluding hydrogens is 329 g/mol. The molecule has 1 aromatic heterocycles. The third-order valence-corrected chi connectivity index (χ3v) is 3.50. The summed E-state index contributed by atoms with van der Waals surface area (Å²) in [5, 5.41) is 2.63. The van der Waals surface area contributed by atoms with Crippen LogP contribution in [0.1, 0.15) is 12.0 Å². The summed E-state index contributed by atoms with van der Waals surface area (Å²) in [6.07, 6.45) is -2.63. The second-order valence-electron chi connectivity index (χ2n) is 5.40. The molecule has 0 aliphatic carbocycles. The molecule has 1 unspecified atom stereocenters. The van der Waals surface area contributed by atoms with E-state index in [-0.39, 0.29) is 30.9 Å². The number of halogens is 3. The lowest BCUT2D eigenvalue weighted by molar-refractivity contribution is -0.154. The molecule has 1 aromatic rings. The van der Waals surface area contributed by atoms with Crippen molar-refractivity contribution in [3.63, 3.8) is 0 Å². The maximum absolute atomic E-state index is 12.1. The van der Waals surface area contributed by atoms with Crippen LogP contribution in [0.25, 0.3) is 0 Å². The van der Waals surface area contributed by atoms with Crippen molar-refractivity contribution in [1.82, 2.24) is 15.2 Å². The van der Waals surface area contributed by atoms with Crippen LogP contribution in [-0.2, 0) is 11.3 Å². The molecule has 1 atom stereocenters. The lowest BCUT2D eigenvalue weighted by Gasteiger charge is -2.17. The first-order valence-corrected chi connectivity index (χ1v) is 7.21. The van der Waals surface area contributed by atoms with E-state index >= 15 is 0 Å². The first kappa shape index (κ1) is 17.8. The molecule has 3 N–H and O–H groups in total. The molecule has 2 heterocycles. The van der Waals surface area contributed by atoms with Gasteiger partial charge in [0.2, 0.25) is 11.8 Å². The van der Waals surface area contributed by atoms with Crippen LogP contribution in [0.4, 0.5) is 18.0 Å². The summed E-state index contributed by atoms with van der Waals surface area (Å²) >= 11 is 0. The van der Waals surface area contributed by atoms with Crippen molar-refractivity contribution < 1.29 is 27.5 Å². The van der Waals surface area contributed by atoms with E-state index in [1.807, 2.05) is 0 Å². The van der Waals surface area contributed by atoms with Gasteiger partial charge in [-0.1, -0.05) is 0 Å². The predicted octanol–water partition coefficient (Wildman–Crippen LogP) is 1.04. The molecule has 2 rings (SSSR count). The highest BCUT2D eigenvalue weighted by Crippen LogP contribution is 2.18. The Morgan fingerprint density at radius 1 is 1.46 bits per heavy atom. The molecule has 0 radical (unpaired) electrons. The number of likely N-dealkylation sites (tertiary alicyclic amines) is 1. The van der Waals surface area contributed by atoms with Crippen LogP contribution in [-0.4, -0.2) is 47.7 Å². The number of nitrogens with zero attached hydrogens (tertiary/aromatic N) is 2. The van der Waals surface area contributed by atoms with Crippen LogP contribution in [0.3, 0.4) is 0 Å². The number of carbonyl (C=O) groups excluding carboxylic acids is 2. The van der Waals surface area contributed by atoms with Gasteiger partial charge in [-0.2, -0.15) is 13.2 Å². The van der Waals surface area contributed by atoms with Crippen molar-refractivity contribution in [2.45, 2.75) is 19.1 Å². The number of carbonyl (C=O) groups is 2. The van der Waals surface area contributed by atoms with Crippen LogP contribution in [0, 0.1) is 5.92 Å². The fraction of sp³-hybridized carbons (Fsp3) is 0.500.